The van der Waals surface area contributed by atoms with Gasteiger partial charge in [0.15, 0.2) is 0 Å². The van der Waals surface area contributed by atoms with Gasteiger partial charge in [-0.05, 0) is 50.1 Å². The Hall–Kier alpha value is -2.91. The highest BCUT2D eigenvalue weighted by atomic mass is 32.2. The van der Waals surface area contributed by atoms with Crippen molar-refractivity contribution in [2.24, 2.45) is 0 Å². The molecular formula is C22H27N3O5S. The summed E-state index contributed by atoms with van der Waals surface area (Å²) in [6, 6.07) is 12.1. The number of sulfonamides is 1. The second-order valence-corrected chi connectivity index (χ2v) is 9.32. The van der Waals surface area contributed by atoms with Crippen LogP contribution in [0, 0.1) is 0 Å². The quantitative estimate of drug-likeness (QED) is 0.682. The van der Waals surface area contributed by atoms with Crippen LogP contribution in [-0.4, -0.2) is 50.8 Å². The van der Waals surface area contributed by atoms with Crippen LogP contribution in [0.4, 0.5) is 5.69 Å². The van der Waals surface area contributed by atoms with Crippen molar-refractivity contribution in [3.8, 4) is 5.75 Å². The molecule has 0 aromatic heterocycles. The number of nitrogens with one attached hydrogen (secondary N) is 2. The van der Waals surface area contributed by atoms with Crippen LogP contribution in [0.2, 0.25) is 0 Å². The van der Waals surface area contributed by atoms with E-state index in [4.69, 9.17) is 4.74 Å². The van der Waals surface area contributed by atoms with Gasteiger partial charge in [0.25, 0.3) is 5.91 Å². The van der Waals surface area contributed by atoms with E-state index in [-0.39, 0.29) is 16.5 Å². The highest BCUT2D eigenvalue weighted by Gasteiger charge is 2.27. The van der Waals surface area contributed by atoms with Gasteiger partial charge in [0.05, 0.1) is 17.7 Å². The lowest BCUT2D eigenvalue weighted by atomic mass is 10.2. The summed E-state index contributed by atoms with van der Waals surface area (Å²) in [5.74, 6) is -0.542. The zero-order valence-electron chi connectivity index (χ0n) is 17.6. The second-order valence-electron chi connectivity index (χ2n) is 7.38. The summed E-state index contributed by atoms with van der Waals surface area (Å²) in [5, 5.41) is 5.30. The van der Waals surface area contributed by atoms with Gasteiger partial charge in [-0.15, -0.1) is 0 Å². The van der Waals surface area contributed by atoms with E-state index in [9.17, 15) is 18.0 Å². The number of anilines is 1. The van der Waals surface area contributed by atoms with E-state index in [0.29, 0.717) is 24.4 Å². The summed E-state index contributed by atoms with van der Waals surface area (Å²) in [4.78, 5) is 25.1. The van der Waals surface area contributed by atoms with Gasteiger partial charge in [-0.2, -0.15) is 4.31 Å². The molecule has 0 bridgehead atoms. The number of hydrogen-bond acceptors (Lipinski definition) is 5. The lowest BCUT2D eigenvalue weighted by Crippen LogP contribution is -2.41. The Morgan fingerprint density at radius 1 is 1.03 bits per heavy atom. The average Bonchev–Trinajstić information content (AvgIpc) is 2.80. The average molecular weight is 446 g/mol. The molecule has 0 spiro atoms. The van der Waals surface area contributed by atoms with Crippen LogP contribution in [0.15, 0.2) is 53.4 Å². The molecule has 1 heterocycles. The first kappa shape index (κ1) is 22.8. The number of amides is 2. The van der Waals surface area contributed by atoms with Crippen molar-refractivity contribution in [1.29, 1.82) is 0 Å². The van der Waals surface area contributed by atoms with Crippen molar-refractivity contribution in [2.45, 2.75) is 37.1 Å². The molecule has 0 aliphatic carbocycles. The first-order valence-corrected chi connectivity index (χ1v) is 11.6. The maximum atomic E-state index is 13.0. The van der Waals surface area contributed by atoms with Crippen LogP contribution in [0.25, 0.3) is 0 Å². The number of benzene rings is 2. The number of piperidine rings is 1. The Balaban J connectivity index is 1.76. The van der Waals surface area contributed by atoms with Crippen LogP contribution in [0.5, 0.6) is 5.75 Å². The minimum absolute atomic E-state index is 0.0893. The molecule has 1 aliphatic heterocycles. The number of rotatable bonds is 7. The normalized spacial score (nSPS) is 15.7. The monoisotopic (exact) mass is 445 g/mol. The molecule has 2 aromatic carbocycles. The largest absolute Gasteiger partial charge is 0.495 e. The Bertz CT molecular complexity index is 1030. The van der Waals surface area contributed by atoms with Crippen molar-refractivity contribution < 1.29 is 22.7 Å². The van der Waals surface area contributed by atoms with Gasteiger partial charge < -0.3 is 15.4 Å². The highest BCUT2D eigenvalue weighted by Crippen LogP contribution is 2.30. The molecule has 31 heavy (non-hydrogen) atoms. The summed E-state index contributed by atoms with van der Waals surface area (Å²) in [5.41, 5.74) is 0.667. The van der Waals surface area contributed by atoms with Crippen molar-refractivity contribution in [2.75, 3.05) is 25.5 Å². The summed E-state index contributed by atoms with van der Waals surface area (Å²) in [6.07, 6.45) is 2.68. The van der Waals surface area contributed by atoms with E-state index in [0.717, 1.165) is 19.3 Å². The smallest absolute Gasteiger partial charge is 0.251 e. The maximum absolute atomic E-state index is 13.0. The summed E-state index contributed by atoms with van der Waals surface area (Å²) in [7, 11) is -2.23. The molecule has 166 valence electrons. The zero-order valence-corrected chi connectivity index (χ0v) is 18.4. The Kier molecular flexibility index (Phi) is 7.29. The standard InChI is InChI=1S/C22H27N3O5S/c1-16(23-22(27)17-9-5-3-6-10-17)21(26)24-19-15-18(11-12-20(19)30-2)31(28,29)25-13-7-4-8-14-25/h3,5-6,9-12,15-16H,4,7-8,13-14H2,1-2H3,(H,23,27)(H,24,26). The Morgan fingerprint density at radius 2 is 1.71 bits per heavy atom. The molecule has 0 radical (unpaired) electrons. The molecule has 1 atom stereocenters. The molecular weight excluding hydrogens is 418 g/mol. The van der Waals surface area contributed by atoms with E-state index in [1.165, 1.54) is 29.6 Å². The summed E-state index contributed by atoms with van der Waals surface area (Å²) >= 11 is 0. The third-order valence-electron chi connectivity index (χ3n) is 5.16. The second kappa shape index (κ2) is 9.93. The van der Waals surface area contributed by atoms with Gasteiger partial charge in [-0.1, -0.05) is 24.6 Å². The fourth-order valence-electron chi connectivity index (χ4n) is 3.38. The van der Waals surface area contributed by atoms with Crippen LogP contribution in [0.3, 0.4) is 0 Å². The topological polar surface area (TPSA) is 105 Å². The molecule has 1 saturated heterocycles. The van der Waals surface area contributed by atoms with Crippen molar-refractivity contribution in [3.63, 3.8) is 0 Å². The van der Waals surface area contributed by atoms with E-state index >= 15 is 0 Å². The van der Waals surface area contributed by atoms with E-state index in [1.807, 2.05) is 0 Å². The van der Waals surface area contributed by atoms with E-state index in [1.54, 1.807) is 37.3 Å². The van der Waals surface area contributed by atoms with Gasteiger partial charge in [-0.3, -0.25) is 9.59 Å². The van der Waals surface area contributed by atoms with Crippen molar-refractivity contribution in [1.82, 2.24) is 9.62 Å². The number of carbonyl (C=O) groups is 2. The lowest BCUT2D eigenvalue weighted by molar-refractivity contribution is -0.117. The van der Waals surface area contributed by atoms with Crippen molar-refractivity contribution >= 4 is 27.5 Å². The number of hydrogen-bond donors (Lipinski definition) is 2. The molecule has 9 heteroatoms. The number of carbonyl (C=O) groups excluding carboxylic acids is 2. The minimum Gasteiger partial charge on any atom is -0.495 e. The molecule has 2 N–H and O–H groups in total. The molecule has 1 aliphatic rings. The van der Waals surface area contributed by atoms with Gasteiger partial charge in [0.2, 0.25) is 15.9 Å². The van der Waals surface area contributed by atoms with Gasteiger partial charge in [0, 0.05) is 18.7 Å². The van der Waals surface area contributed by atoms with Crippen LogP contribution >= 0.6 is 0 Å². The van der Waals surface area contributed by atoms with Crippen LogP contribution < -0.4 is 15.4 Å². The zero-order chi connectivity index (χ0) is 22.4. The van der Waals surface area contributed by atoms with Gasteiger partial charge >= 0.3 is 0 Å². The summed E-state index contributed by atoms with van der Waals surface area (Å²) in [6.45, 7) is 2.52. The first-order valence-electron chi connectivity index (χ1n) is 10.2. The lowest BCUT2D eigenvalue weighted by Gasteiger charge is -2.26. The third kappa shape index (κ3) is 5.42. The molecule has 1 unspecified atom stereocenters. The van der Waals surface area contributed by atoms with Crippen LogP contribution in [-0.2, 0) is 14.8 Å². The minimum atomic E-state index is -3.66. The molecule has 3 rings (SSSR count). The summed E-state index contributed by atoms with van der Waals surface area (Å²) < 4.78 is 32.7. The fraction of sp³-hybridized carbons (Fsp3) is 0.364. The SMILES string of the molecule is COc1ccc(S(=O)(=O)N2CCCCC2)cc1NC(=O)C(C)NC(=O)c1ccccc1. The maximum Gasteiger partial charge on any atom is 0.251 e. The van der Waals surface area contributed by atoms with Gasteiger partial charge in [-0.25, -0.2) is 8.42 Å². The third-order valence-corrected chi connectivity index (χ3v) is 7.05. The Labute approximate surface area is 182 Å². The van der Waals surface area contributed by atoms with E-state index in [2.05, 4.69) is 10.6 Å². The molecule has 2 aromatic rings. The molecule has 1 fully saturated rings. The molecule has 2 amide bonds. The molecule has 0 saturated carbocycles. The van der Waals surface area contributed by atoms with E-state index < -0.39 is 22.0 Å². The highest BCUT2D eigenvalue weighted by molar-refractivity contribution is 7.89. The number of methoxy groups -OCH3 is 1. The van der Waals surface area contributed by atoms with Crippen molar-refractivity contribution in [3.05, 3.63) is 54.1 Å². The number of ether oxygens (including phenoxy) is 1. The Morgan fingerprint density at radius 3 is 2.35 bits per heavy atom. The molecule has 8 nitrogen and oxygen atoms in total. The predicted molar refractivity (Wildman–Crippen MR) is 118 cm³/mol. The fourth-order valence-corrected chi connectivity index (χ4v) is 4.92. The van der Waals surface area contributed by atoms with Gasteiger partial charge in [0.1, 0.15) is 11.8 Å². The predicted octanol–water partition coefficient (Wildman–Crippen LogP) is 2.63. The first-order chi connectivity index (χ1) is 14.8. The number of nitrogens with zero attached hydrogens (tertiary/aromatic N) is 1. The van der Waals surface area contributed by atoms with Crippen LogP contribution in [0.1, 0.15) is 36.5 Å².